The lowest BCUT2D eigenvalue weighted by Crippen LogP contribution is -2.49. The van der Waals surface area contributed by atoms with Crippen LogP contribution in [0.4, 0.5) is 5.69 Å². The van der Waals surface area contributed by atoms with Crippen LogP contribution in [-0.2, 0) is 16.0 Å². The first-order valence-electron chi connectivity index (χ1n) is 11.0. The number of likely N-dealkylation sites (N-methyl/N-ethyl adjacent to an activating group) is 1. The predicted molar refractivity (Wildman–Crippen MR) is 125 cm³/mol. The summed E-state index contributed by atoms with van der Waals surface area (Å²) in [7, 11) is 1.60. The third-order valence-corrected chi connectivity index (χ3v) is 5.73. The van der Waals surface area contributed by atoms with Crippen LogP contribution < -0.4 is 15.0 Å². The van der Waals surface area contributed by atoms with Crippen molar-refractivity contribution in [2.24, 2.45) is 0 Å². The highest BCUT2D eigenvalue weighted by Crippen LogP contribution is 2.31. The van der Waals surface area contributed by atoms with E-state index in [1.54, 1.807) is 25.2 Å². The van der Waals surface area contributed by atoms with E-state index in [1.165, 1.54) is 4.90 Å². The van der Waals surface area contributed by atoms with Gasteiger partial charge in [-0.15, -0.1) is 5.10 Å². The number of benzene rings is 2. The van der Waals surface area contributed by atoms with Crippen molar-refractivity contribution in [3.05, 3.63) is 71.3 Å². The quantitative estimate of drug-likeness (QED) is 0.475. The van der Waals surface area contributed by atoms with Gasteiger partial charge in [-0.05, 0) is 23.8 Å². The van der Waals surface area contributed by atoms with E-state index in [-0.39, 0.29) is 31.6 Å². The first-order valence-corrected chi connectivity index (χ1v) is 11.0. The molecule has 0 unspecified atom stereocenters. The van der Waals surface area contributed by atoms with Gasteiger partial charge in [0.1, 0.15) is 24.2 Å². The van der Waals surface area contributed by atoms with Crippen molar-refractivity contribution >= 4 is 17.5 Å². The second kappa shape index (κ2) is 9.21. The van der Waals surface area contributed by atoms with Crippen molar-refractivity contribution in [2.45, 2.75) is 18.1 Å². The second-order valence-electron chi connectivity index (χ2n) is 8.46. The zero-order valence-corrected chi connectivity index (χ0v) is 18.9. The van der Waals surface area contributed by atoms with E-state index < -0.39 is 17.6 Å². The molecule has 10 nitrogen and oxygen atoms in total. The predicted octanol–water partition coefficient (Wildman–Crippen LogP) is 0.662. The van der Waals surface area contributed by atoms with Crippen LogP contribution in [0, 0.1) is 11.8 Å². The normalized spacial score (nSPS) is 18.3. The third-order valence-electron chi connectivity index (χ3n) is 5.73. The van der Waals surface area contributed by atoms with E-state index in [2.05, 4.69) is 32.3 Å². The lowest BCUT2D eigenvalue weighted by molar-refractivity contribution is -0.140. The number of amides is 2. The number of aliphatic hydroxyl groups is 1. The minimum atomic E-state index is -1.14. The van der Waals surface area contributed by atoms with Crippen LogP contribution in [0.3, 0.4) is 0 Å². The minimum Gasteiger partial charge on any atom is -0.489 e. The second-order valence-corrected chi connectivity index (χ2v) is 8.46. The summed E-state index contributed by atoms with van der Waals surface area (Å²) < 4.78 is 10.8. The monoisotopic (exact) mass is 473 g/mol. The van der Waals surface area contributed by atoms with Gasteiger partial charge in [-0.2, -0.15) is 0 Å². The minimum absolute atomic E-state index is 0.0503. The third kappa shape index (κ3) is 4.87. The summed E-state index contributed by atoms with van der Waals surface area (Å²) in [5.41, 5.74) is 1.02. The average molecular weight is 473 g/mol. The van der Waals surface area contributed by atoms with Gasteiger partial charge in [0.25, 0.3) is 11.8 Å². The Morgan fingerprint density at radius 3 is 2.83 bits per heavy atom. The summed E-state index contributed by atoms with van der Waals surface area (Å²) in [4.78, 5) is 31.5. The molecule has 1 saturated heterocycles. The molecule has 2 aromatic carbocycles. The van der Waals surface area contributed by atoms with Crippen LogP contribution in [0.15, 0.2) is 48.5 Å². The smallest absolute Gasteiger partial charge is 0.291 e. The summed E-state index contributed by atoms with van der Waals surface area (Å²) in [5, 5.41) is 19.5. The largest absolute Gasteiger partial charge is 0.489 e. The Hall–Kier alpha value is -4.20. The highest BCUT2D eigenvalue weighted by Gasteiger charge is 2.34. The number of aromatic amines is 1. The zero-order valence-electron chi connectivity index (χ0n) is 18.9. The zero-order chi connectivity index (χ0) is 24.4. The maximum Gasteiger partial charge on any atom is 0.291 e. The number of nitrogens with one attached hydrogen (secondary N) is 2. The van der Waals surface area contributed by atoms with Gasteiger partial charge in [0.2, 0.25) is 5.82 Å². The summed E-state index contributed by atoms with van der Waals surface area (Å²) in [5.74, 6) is 5.75. The Morgan fingerprint density at radius 2 is 2.09 bits per heavy atom. The summed E-state index contributed by atoms with van der Waals surface area (Å²) >= 11 is 0. The summed E-state index contributed by atoms with van der Waals surface area (Å²) in [6, 6.07) is 13.9. The summed E-state index contributed by atoms with van der Waals surface area (Å²) in [6.45, 7) is 0.296. The number of ether oxygens (including phenoxy) is 2. The van der Waals surface area contributed by atoms with E-state index in [0.717, 1.165) is 5.56 Å². The molecule has 2 amide bonds. The Labute approximate surface area is 201 Å². The van der Waals surface area contributed by atoms with Gasteiger partial charge in [0, 0.05) is 19.0 Å². The standard InChI is InChI=1S/C25H23N5O5/c1-30-19-11-17(9-10-25(33)14-34-15-25)7-8-20(19)35-13-18(24(30)32)26-23(31)22-27-21(28-29-22)12-16-5-3-2-4-6-16/h2-8,11,18,33H,12-15H2,1H3,(H,26,31)(H,27,28,29)/t18-/m1/s1. The number of H-pyrrole nitrogens is 1. The average Bonchev–Trinajstić information content (AvgIpc) is 3.28. The molecule has 3 N–H and O–H groups in total. The molecule has 1 aromatic heterocycles. The molecule has 1 fully saturated rings. The molecule has 0 spiro atoms. The van der Waals surface area contributed by atoms with Crippen molar-refractivity contribution in [3.8, 4) is 17.6 Å². The van der Waals surface area contributed by atoms with Crippen LogP contribution in [0.25, 0.3) is 0 Å². The Kier molecular flexibility index (Phi) is 5.94. The van der Waals surface area contributed by atoms with E-state index >= 15 is 0 Å². The van der Waals surface area contributed by atoms with Gasteiger partial charge in [-0.3, -0.25) is 14.7 Å². The highest BCUT2D eigenvalue weighted by molar-refractivity contribution is 6.02. The number of aromatic nitrogens is 3. The van der Waals surface area contributed by atoms with Gasteiger partial charge in [0.15, 0.2) is 5.60 Å². The van der Waals surface area contributed by atoms with Crippen LogP contribution >= 0.6 is 0 Å². The van der Waals surface area contributed by atoms with Gasteiger partial charge in [-0.1, -0.05) is 42.2 Å². The van der Waals surface area contributed by atoms with Gasteiger partial charge in [-0.25, -0.2) is 4.98 Å². The summed E-state index contributed by atoms with van der Waals surface area (Å²) in [6.07, 6.45) is 0.500. The molecule has 0 saturated carbocycles. The first-order chi connectivity index (χ1) is 16.9. The van der Waals surface area contributed by atoms with Gasteiger partial charge < -0.3 is 24.8 Å². The molecule has 10 heteroatoms. The molecular weight excluding hydrogens is 450 g/mol. The van der Waals surface area contributed by atoms with Crippen LogP contribution in [0.2, 0.25) is 0 Å². The van der Waals surface area contributed by atoms with E-state index in [1.807, 2.05) is 30.3 Å². The Balaban J connectivity index is 1.27. The molecule has 3 heterocycles. The lowest BCUT2D eigenvalue weighted by Gasteiger charge is -2.30. The van der Waals surface area contributed by atoms with Crippen molar-refractivity contribution in [2.75, 3.05) is 31.8 Å². The fourth-order valence-electron chi connectivity index (χ4n) is 3.72. The molecule has 2 aliphatic rings. The molecule has 1 atom stereocenters. The molecule has 35 heavy (non-hydrogen) atoms. The number of carbonyl (C=O) groups excluding carboxylic acids is 2. The van der Waals surface area contributed by atoms with Gasteiger partial charge in [0.05, 0.1) is 18.9 Å². The molecule has 0 radical (unpaired) electrons. The Morgan fingerprint density at radius 1 is 1.29 bits per heavy atom. The van der Waals surface area contributed by atoms with Crippen LogP contribution in [0.1, 0.15) is 27.6 Å². The van der Waals surface area contributed by atoms with Crippen molar-refractivity contribution in [1.82, 2.24) is 20.5 Å². The van der Waals surface area contributed by atoms with Crippen molar-refractivity contribution < 1.29 is 24.2 Å². The highest BCUT2D eigenvalue weighted by atomic mass is 16.5. The molecule has 5 rings (SSSR count). The molecule has 2 aliphatic heterocycles. The number of fused-ring (bicyclic) bond motifs is 1. The number of nitrogens with zero attached hydrogens (tertiary/aromatic N) is 3. The maximum absolute atomic E-state index is 13.1. The van der Waals surface area contributed by atoms with Crippen LogP contribution in [0.5, 0.6) is 5.75 Å². The maximum atomic E-state index is 13.1. The fraction of sp³-hybridized carbons (Fsp3) is 0.280. The number of rotatable bonds is 4. The first kappa shape index (κ1) is 22.6. The Bertz CT molecular complexity index is 1320. The number of anilines is 1. The van der Waals surface area contributed by atoms with E-state index in [0.29, 0.717) is 29.2 Å². The topological polar surface area (TPSA) is 130 Å². The molecule has 0 aliphatic carbocycles. The van der Waals surface area contributed by atoms with Gasteiger partial charge >= 0.3 is 0 Å². The van der Waals surface area contributed by atoms with E-state index in [9.17, 15) is 14.7 Å². The SMILES string of the molecule is CN1C(=O)[C@H](NC(=O)c2n[nH]c(Cc3ccccc3)n2)COc2ccc(C#CC3(O)COC3)cc21. The number of carbonyl (C=O) groups is 2. The van der Waals surface area contributed by atoms with Crippen molar-refractivity contribution in [1.29, 1.82) is 0 Å². The van der Waals surface area contributed by atoms with Crippen LogP contribution in [-0.4, -0.2) is 70.6 Å². The lowest BCUT2D eigenvalue weighted by atomic mass is 10.0. The number of hydrogen-bond acceptors (Lipinski definition) is 7. The van der Waals surface area contributed by atoms with E-state index in [4.69, 9.17) is 9.47 Å². The fourth-order valence-corrected chi connectivity index (χ4v) is 3.72. The molecule has 178 valence electrons. The molecule has 3 aromatic rings. The van der Waals surface area contributed by atoms with Crippen molar-refractivity contribution in [3.63, 3.8) is 0 Å². The number of hydrogen-bond donors (Lipinski definition) is 3. The molecule has 0 bridgehead atoms. The molecular formula is C25H23N5O5.